The molecule has 2 heterocycles. The molecular formula is C16H28O8. The molecule has 2 aliphatic rings. The molecule has 4 atom stereocenters. The van der Waals surface area contributed by atoms with Crippen molar-refractivity contribution in [1.82, 2.24) is 0 Å². The Bertz CT molecular complexity index is 400. The van der Waals surface area contributed by atoms with Gasteiger partial charge in [-0.2, -0.15) is 0 Å². The molecule has 8 heteroatoms. The van der Waals surface area contributed by atoms with Gasteiger partial charge in [-0.15, -0.1) is 0 Å². The van der Waals surface area contributed by atoms with Crippen molar-refractivity contribution in [3.8, 4) is 0 Å². The molecule has 2 N–H and O–H groups in total. The Labute approximate surface area is 142 Å². The Hall–Kier alpha value is -1.22. The van der Waals surface area contributed by atoms with E-state index in [0.29, 0.717) is 13.2 Å². The number of ether oxygens (including phenoxy) is 4. The second-order valence-electron chi connectivity index (χ2n) is 6.33. The van der Waals surface area contributed by atoms with Gasteiger partial charge in [-0.25, -0.2) is 0 Å². The van der Waals surface area contributed by atoms with Gasteiger partial charge >= 0.3 is 11.9 Å². The molecule has 4 unspecified atom stereocenters. The molecule has 0 aromatic carbocycles. The zero-order chi connectivity index (χ0) is 18.4. The van der Waals surface area contributed by atoms with Gasteiger partial charge in [0, 0.05) is 0 Å². The van der Waals surface area contributed by atoms with Crippen molar-refractivity contribution >= 4 is 11.9 Å². The van der Waals surface area contributed by atoms with Crippen LogP contribution in [0.15, 0.2) is 0 Å². The highest BCUT2D eigenvalue weighted by Crippen LogP contribution is 2.28. The Morgan fingerprint density at radius 1 is 0.875 bits per heavy atom. The van der Waals surface area contributed by atoms with E-state index in [1.807, 2.05) is 13.8 Å². The Morgan fingerprint density at radius 2 is 1.21 bits per heavy atom. The lowest BCUT2D eigenvalue weighted by Crippen LogP contribution is -2.29. The lowest BCUT2D eigenvalue weighted by atomic mass is 10.2. The number of hydrogen-bond acceptors (Lipinski definition) is 6. The summed E-state index contributed by atoms with van der Waals surface area (Å²) >= 11 is 0. The van der Waals surface area contributed by atoms with Crippen LogP contribution in [0.4, 0.5) is 0 Å². The van der Waals surface area contributed by atoms with E-state index in [1.54, 1.807) is 13.8 Å². The average molecular weight is 348 g/mol. The topological polar surface area (TPSA) is 112 Å². The lowest BCUT2D eigenvalue weighted by Gasteiger charge is -2.20. The highest BCUT2D eigenvalue weighted by molar-refractivity contribution is 5.68. The van der Waals surface area contributed by atoms with E-state index in [2.05, 4.69) is 0 Å². The zero-order valence-corrected chi connectivity index (χ0v) is 14.7. The molecule has 24 heavy (non-hydrogen) atoms. The van der Waals surface area contributed by atoms with Crippen molar-refractivity contribution in [3.05, 3.63) is 0 Å². The molecule has 2 rings (SSSR count). The first-order valence-corrected chi connectivity index (χ1v) is 8.18. The summed E-state index contributed by atoms with van der Waals surface area (Å²) in [6.45, 7) is 8.30. The Morgan fingerprint density at radius 3 is 1.42 bits per heavy atom. The molecule has 2 saturated heterocycles. The van der Waals surface area contributed by atoms with Crippen molar-refractivity contribution in [2.75, 3.05) is 13.2 Å². The Kier molecular flexibility index (Phi) is 7.59. The van der Waals surface area contributed by atoms with Crippen molar-refractivity contribution in [2.45, 2.75) is 77.2 Å². The summed E-state index contributed by atoms with van der Waals surface area (Å²) in [5.74, 6) is -3.61. The molecule has 8 nitrogen and oxygen atoms in total. The molecule has 0 bridgehead atoms. The van der Waals surface area contributed by atoms with Crippen LogP contribution in [0.3, 0.4) is 0 Å². The van der Waals surface area contributed by atoms with Crippen LogP contribution in [0.1, 0.15) is 53.4 Å². The number of carboxylic acids is 2. The van der Waals surface area contributed by atoms with Gasteiger partial charge in [0.15, 0.2) is 11.6 Å². The minimum absolute atomic E-state index is 0.0503. The van der Waals surface area contributed by atoms with Crippen LogP contribution < -0.4 is 0 Å². The van der Waals surface area contributed by atoms with Crippen LogP contribution in [0.5, 0.6) is 0 Å². The molecule has 0 saturated carbocycles. The van der Waals surface area contributed by atoms with Crippen LogP contribution in [0.2, 0.25) is 0 Å². The van der Waals surface area contributed by atoms with E-state index in [1.165, 1.54) is 0 Å². The average Bonchev–Trinajstić information content (AvgIpc) is 3.01. The van der Waals surface area contributed by atoms with Gasteiger partial charge in [0.05, 0.1) is 38.3 Å². The number of carboxylic acid groups (broad SMARTS) is 2. The van der Waals surface area contributed by atoms with Crippen LogP contribution in [-0.2, 0) is 28.5 Å². The number of carbonyl (C=O) groups is 2. The molecule has 140 valence electrons. The van der Waals surface area contributed by atoms with Gasteiger partial charge in [0.2, 0.25) is 0 Å². The van der Waals surface area contributed by atoms with Gasteiger partial charge in [-0.05, 0) is 26.7 Å². The van der Waals surface area contributed by atoms with E-state index < -0.39 is 23.5 Å². The number of aliphatic carboxylic acids is 2. The van der Waals surface area contributed by atoms with Crippen molar-refractivity contribution in [1.29, 1.82) is 0 Å². The van der Waals surface area contributed by atoms with Crippen molar-refractivity contribution in [2.24, 2.45) is 0 Å². The van der Waals surface area contributed by atoms with E-state index in [0.717, 1.165) is 12.8 Å². The van der Waals surface area contributed by atoms with E-state index >= 15 is 0 Å². The van der Waals surface area contributed by atoms with Crippen molar-refractivity contribution < 1.29 is 38.7 Å². The first kappa shape index (κ1) is 20.8. The maximum absolute atomic E-state index is 10.4. The van der Waals surface area contributed by atoms with E-state index in [9.17, 15) is 9.59 Å². The predicted molar refractivity (Wildman–Crippen MR) is 83.5 cm³/mol. The maximum Gasteiger partial charge on any atom is 0.308 e. The lowest BCUT2D eigenvalue weighted by molar-refractivity contribution is -0.177. The summed E-state index contributed by atoms with van der Waals surface area (Å²) in [6, 6.07) is 0. The summed E-state index contributed by atoms with van der Waals surface area (Å²) in [7, 11) is 0. The molecule has 0 aliphatic carbocycles. The van der Waals surface area contributed by atoms with Crippen LogP contribution in [0, 0.1) is 0 Å². The smallest absolute Gasteiger partial charge is 0.308 e. The SMILES string of the molecule is CCC1COC(C)(CC(=O)O)O1.CCC1COC(C)(CC(=O)O)O1. The van der Waals surface area contributed by atoms with Crippen LogP contribution in [0.25, 0.3) is 0 Å². The third kappa shape index (κ3) is 6.72. The van der Waals surface area contributed by atoms with Crippen LogP contribution in [-0.4, -0.2) is 59.1 Å². The summed E-state index contributed by atoms with van der Waals surface area (Å²) in [4.78, 5) is 20.8. The summed E-state index contributed by atoms with van der Waals surface area (Å²) in [5.41, 5.74) is 0. The molecule has 2 fully saturated rings. The van der Waals surface area contributed by atoms with Gasteiger partial charge in [-0.1, -0.05) is 13.8 Å². The second kappa shape index (κ2) is 8.75. The van der Waals surface area contributed by atoms with E-state index in [4.69, 9.17) is 29.2 Å². The molecule has 0 amide bonds. The van der Waals surface area contributed by atoms with Crippen molar-refractivity contribution in [3.63, 3.8) is 0 Å². The predicted octanol–water partition coefficient (Wildman–Crippen LogP) is 2.01. The number of rotatable bonds is 6. The van der Waals surface area contributed by atoms with Gasteiger partial charge < -0.3 is 29.2 Å². The Balaban J connectivity index is 0.000000240. The normalized spacial score (nSPS) is 35.3. The van der Waals surface area contributed by atoms with E-state index in [-0.39, 0.29) is 25.0 Å². The largest absolute Gasteiger partial charge is 0.481 e. The first-order valence-electron chi connectivity index (χ1n) is 8.18. The fourth-order valence-electron chi connectivity index (χ4n) is 2.52. The van der Waals surface area contributed by atoms with Gasteiger partial charge in [-0.3, -0.25) is 9.59 Å². The fourth-order valence-corrected chi connectivity index (χ4v) is 2.52. The molecule has 2 aliphatic heterocycles. The molecule has 0 aromatic heterocycles. The highest BCUT2D eigenvalue weighted by atomic mass is 16.7. The standard InChI is InChI=1S/2C8H14O4/c2*1-3-6-5-11-8(2,12-6)4-7(9)10/h2*6H,3-5H2,1-2H3,(H,9,10). The molecule has 0 radical (unpaired) electrons. The summed E-state index contributed by atoms with van der Waals surface area (Å²) in [6.07, 6.45) is 1.63. The van der Waals surface area contributed by atoms with Crippen LogP contribution >= 0.6 is 0 Å². The minimum Gasteiger partial charge on any atom is -0.481 e. The number of hydrogen-bond donors (Lipinski definition) is 2. The summed E-state index contributed by atoms with van der Waals surface area (Å²) in [5, 5.41) is 17.1. The maximum atomic E-state index is 10.4. The minimum atomic E-state index is -0.910. The molecule has 0 aromatic rings. The molecular weight excluding hydrogens is 320 g/mol. The third-order valence-electron chi connectivity index (χ3n) is 3.84. The fraction of sp³-hybridized carbons (Fsp3) is 0.875. The van der Waals surface area contributed by atoms with Gasteiger partial charge in [0.1, 0.15) is 0 Å². The zero-order valence-electron chi connectivity index (χ0n) is 14.7. The monoisotopic (exact) mass is 348 g/mol. The third-order valence-corrected chi connectivity index (χ3v) is 3.84. The first-order chi connectivity index (χ1) is 11.1. The quantitative estimate of drug-likeness (QED) is 0.750. The van der Waals surface area contributed by atoms with Gasteiger partial charge in [0.25, 0.3) is 0 Å². The highest BCUT2D eigenvalue weighted by Gasteiger charge is 2.39. The molecule has 0 spiro atoms. The summed E-state index contributed by atoms with van der Waals surface area (Å²) < 4.78 is 21.3. The second-order valence-corrected chi connectivity index (χ2v) is 6.33.